The fraction of sp³-hybridized carbons (Fsp3) is 0.600. The summed E-state index contributed by atoms with van der Waals surface area (Å²) < 4.78 is 65.2. The van der Waals surface area contributed by atoms with Crippen molar-refractivity contribution in [1.29, 1.82) is 0 Å². The highest BCUT2D eigenvalue weighted by Gasteiger charge is 2.35. The van der Waals surface area contributed by atoms with Gasteiger partial charge >= 0.3 is 24.9 Å². The van der Waals surface area contributed by atoms with Gasteiger partial charge in [0.1, 0.15) is 6.29 Å². The molecule has 0 spiro atoms. The number of nitrogens with one attached hydrogen (secondary N) is 2. The largest absolute Gasteiger partial charge is 0.418 e. The zero-order valence-corrected chi connectivity index (χ0v) is 19.3. The predicted molar refractivity (Wildman–Crippen MR) is 117 cm³/mol. The Morgan fingerprint density at radius 3 is 2.28 bits per heavy atom. The summed E-state index contributed by atoms with van der Waals surface area (Å²) in [6, 6.07) is 1.91. The molecule has 1 aromatic heterocycles. The van der Waals surface area contributed by atoms with E-state index in [4.69, 9.17) is 9.05 Å². The van der Waals surface area contributed by atoms with E-state index in [0.29, 0.717) is 13.0 Å². The molecule has 0 unspecified atom stereocenters. The molecule has 12 heteroatoms. The van der Waals surface area contributed by atoms with Crippen LogP contribution in [0, 0.1) is 0 Å². The van der Waals surface area contributed by atoms with Crippen LogP contribution in [0.3, 0.4) is 0 Å². The summed E-state index contributed by atoms with van der Waals surface area (Å²) in [6.45, 7) is 5.55. The third kappa shape index (κ3) is 6.46. The highest BCUT2D eigenvalue weighted by atomic mass is 31.2. The van der Waals surface area contributed by atoms with E-state index in [1.807, 2.05) is 6.92 Å². The van der Waals surface area contributed by atoms with Gasteiger partial charge in [-0.25, -0.2) is 0 Å². The normalized spacial score (nSPS) is 12.4. The number of fused-ring (bicyclic) bond motifs is 1. The van der Waals surface area contributed by atoms with Gasteiger partial charge in [0.05, 0.1) is 29.8 Å². The minimum absolute atomic E-state index is 0.0155. The maximum absolute atomic E-state index is 13.7. The van der Waals surface area contributed by atoms with Gasteiger partial charge in [0, 0.05) is 12.2 Å². The highest BCUT2D eigenvalue weighted by molar-refractivity contribution is 7.52. The summed E-state index contributed by atoms with van der Waals surface area (Å²) in [5, 5.41) is 2.79. The molecule has 0 bridgehead atoms. The van der Waals surface area contributed by atoms with Crippen LogP contribution >= 0.6 is 7.60 Å². The van der Waals surface area contributed by atoms with E-state index in [1.54, 1.807) is 13.8 Å². The fourth-order valence-corrected chi connectivity index (χ4v) is 4.95. The van der Waals surface area contributed by atoms with Crippen molar-refractivity contribution in [3.8, 4) is 0 Å². The summed E-state index contributed by atoms with van der Waals surface area (Å²) in [7, 11) is -3.82. The second-order valence-electron chi connectivity index (χ2n) is 7.18. The first kappa shape index (κ1) is 26.2. The SMILES string of the molecule is CCCCCCNc1cc2c(cc1C(F)(F)F)[nH]c(=O)c(=O)n2CP(=O)(OCC)OCC. The standard InChI is InChI=1S/C20H29F3N3O5P/c1-4-7-8-9-10-24-15-12-17-16(11-14(15)20(21,22)23)25-18(27)19(28)26(17)13-32(29,30-5-2)31-6-3/h11-12,24H,4-10,13H2,1-3H3,(H,25,27). The monoisotopic (exact) mass is 479 g/mol. The Kier molecular flexibility index (Phi) is 9.12. The van der Waals surface area contributed by atoms with Crippen molar-refractivity contribution in [2.45, 2.75) is 58.9 Å². The fourth-order valence-electron chi connectivity index (χ4n) is 3.30. The number of H-pyrrole nitrogens is 1. The number of unbranched alkanes of at least 4 members (excludes halogenated alkanes) is 3. The van der Waals surface area contributed by atoms with E-state index < -0.39 is 36.7 Å². The quantitative estimate of drug-likeness (QED) is 0.254. The van der Waals surface area contributed by atoms with E-state index >= 15 is 0 Å². The topological polar surface area (TPSA) is 102 Å². The number of nitrogens with zero attached hydrogens (tertiary/aromatic N) is 1. The molecule has 2 aromatic rings. The summed E-state index contributed by atoms with van der Waals surface area (Å²) in [5.41, 5.74) is -3.63. The summed E-state index contributed by atoms with van der Waals surface area (Å²) in [6.07, 6.45) is -1.80. The first-order valence-electron chi connectivity index (χ1n) is 10.6. The molecule has 1 heterocycles. The van der Waals surface area contributed by atoms with Crippen LogP contribution in [0.15, 0.2) is 21.7 Å². The predicted octanol–water partition coefficient (Wildman–Crippen LogP) is 4.92. The molecule has 1 aromatic carbocycles. The molecule has 0 saturated carbocycles. The number of hydrogen-bond acceptors (Lipinski definition) is 6. The van der Waals surface area contributed by atoms with E-state index in [2.05, 4.69) is 10.3 Å². The van der Waals surface area contributed by atoms with Crippen molar-refractivity contribution in [2.75, 3.05) is 25.1 Å². The van der Waals surface area contributed by atoms with Crippen molar-refractivity contribution in [2.24, 2.45) is 0 Å². The van der Waals surface area contributed by atoms with Crippen molar-refractivity contribution >= 4 is 24.3 Å². The molecule has 2 rings (SSSR count). The number of aromatic amines is 1. The second-order valence-corrected chi connectivity index (χ2v) is 9.20. The van der Waals surface area contributed by atoms with Crippen LogP contribution in [0.5, 0.6) is 0 Å². The molecule has 0 amide bonds. The molecule has 0 atom stereocenters. The van der Waals surface area contributed by atoms with Gasteiger partial charge in [-0.2, -0.15) is 13.2 Å². The number of rotatable bonds is 12. The van der Waals surface area contributed by atoms with Crippen LogP contribution in [0.25, 0.3) is 11.0 Å². The molecular weight excluding hydrogens is 450 g/mol. The minimum atomic E-state index is -4.69. The highest BCUT2D eigenvalue weighted by Crippen LogP contribution is 2.49. The Bertz CT molecular complexity index is 1070. The first-order chi connectivity index (χ1) is 15.1. The smallest absolute Gasteiger partial charge is 0.384 e. The lowest BCUT2D eigenvalue weighted by Crippen LogP contribution is -2.36. The molecule has 8 nitrogen and oxygen atoms in total. The summed E-state index contributed by atoms with van der Waals surface area (Å²) in [4.78, 5) is 26.8. The van der Waals surface area contributed by atoms with Gasteiger partial charge < -0.3 is 19.3 Å². The van der Waals surface area contributed by atoms with Gasteiger partial charge in [-0.15, -0.1) is 0 Å². The van der Waals surface area contributed by atoms with Crippen molar-refractivity contribution in [3.05, 3.63) is 38.4 Å². The number of hydrogen-bond donors (Lipinski definition) is 2. The van der Waals surface area contributed by atoms with Crippen LogP contribution in [-0.2, 0) is 26.1 Å². The summed E-state index contributed by atoms with van der Waals surface area (Å²) >= 11 is 0. The lowest BCUT2D eigenvalue weighted by atomic mass is 10.1. The number of halogens is 3. The molecular formula is C20H29F3N3O5P. The van der Waals surface area contributed by atoms with Gasteiger partial charge in [-0.1, -0.05) is 26.2 Å². The zero-order valence-electron chi connectivity index (χ0n) is 18.4. The number of aromatic nitrogens is 2. The Balaban J connectivity index is 2.62. The lowest BCUT2D eigenvalue weighted by Gasteiger charge is -2.21. The molecule has 32 heavy (non-hydrogen) atoms. The molecule has 180 valence electrons. The molecule has 2 N–H and O–H groups in total. The van der Waals surface area contributed by atoms with E-state index in [0.717, 1.165) is 36.0 Å². The van der Waals surface area contributed by atoms with Crippen molar-refractivity contribution in [1.82, 2.24) is 9.55 Å². The second kappa shape index (κ2) is 11.2. The Hall–Kier alpha value is -2.10. The average Bonchev–Trinajstić information content (AvgIpc) is 2.70. The van der Waals surface area contributed by atoms with Crippen LogP contribution in [-0.4, -0.2) is 29.3 Å². The minimum Gasteiger partial charge on any atom is -0.384 e. The maximum Gasteiger partial charge on any atom is 0.418 e. The molecule has 0 saturated heterocycles. The molecule has 0 aliphatic carbocycles. The van der Waals surface area contributed by atoms with E-state index in [9.17, 15) is 27.3 Å². The van der Waals surface area contributed by atoms with Crippen molar-refractivity contribution < 1.29 is 26.8 Å². The van der Waals surface area contributed by atoms with Crippen LogP contribution in [0.4, 0.5) is 18.9 Å². The van der Waals surface area contributed by atoms with Crippen LogP contribution < -0.4 is 16.4 Å². The van der Waals surface area contributed by atoms with Crippen molar-refractivity contribution in [3.63, 3.8) is 0 Å². The Morgan fingerprint density at radius 2 is 1.72 bits per heavy atom. The third-order valence-electron chi connectivity index (χ3n) is 4.73. The Morgan fingerprint density at radius 1 is 1.06 bits per heavy atom. The average molecular weight is 479 g/mol. The van der Waals surface area contributed by atoms with Crippen LogP contribution in [0.2, 0.25) is 0 Å². The van der Waals surface area contributed by atoms with Gasteiger partial charge in [0.15, 0.2) is 0 Å². The molecule has 0 fully saturated rings. The molecule has 0 radical (unpaired) electrons. The van der Waals surface area contributed by atoms with E-state index in [1.165, 1.54) is 0 Å². The van der Waals surface area contributed by atoms with Gasteiger partial charge in [-0.3, -0.25) is 18.7 Å². The summed E-state index contributed by atoms with van der Waals surface area (Å²) in [5.74, 6) is 0. The van der Waals surface area contributed by atoms with Gasteiger partial charge in [0.2, 0.25) is 0 Å². The van der Waals surface area contributed by atoms with Crippen LogP contribution in [0.1, 0.15) is 52.0 Å². The molecule has 0 aliphatic rings. The number of benzene rings is 1. The third-order valence-corrected chi connectivity index (χ3v) is 6.66. The van der Waals surface area contributed by atoms with E-state index in [-0.39, 0.29) is 29.9 Å². The number of alkyl halides is 3. The molecule has 0 aliphatic heterocycles. The lowest BCUT2D eigenvalue weighted by molar-refractivity contribution is -0.136. The van der Waals surface area contributed by atoms with Gasteiger partial charge in [-0.05, 0) is 32.4 Å². The number of anilines is 1. The maximum atomic E-state index is 13.7. The zero-order chi connectivity index (χ0) is 23.9. The van der Waals surface area contributed by atoms with Gasteiger partial charge in [0.25, 0.3) is 0 Å². The Labute approximate surface area is 183 Å². The first-order valence-corrected chi connectivity index (χ1v) is 12.3.